The number of benzene rings is 2. The van der Waals surface area contributed by atoms with Crippen LogP contribution in [0.2, 0.25) is 0 Å². The van der Waals surface area contributed by atoms with E-state index in [0.29, 0.717) is 24.3 Å². The topological polar surface area (TPSA) is 63.3 Å². The van der Waals surface area contributed by atoms with Crippen molar-refractivity contribution in [3.8, 4) is 11.8 Å². The number of rotatable bonds is 11. The van der Waals surface area contributed by atoms with E-state index in [0.717, 1.165) is 57.3 Å². The number of carbonyl (C=O) groups is 1. The molecule has 2 saturated carbocycles. The van der Waals surface area contributed by atoms with Crippen LogP contribution in [-0.4, -0.2) is 17.6 Å². The predicted octanol–water partition coefficient (Wildman–Crippen LogP) is 10.9. The number of carboxylic acid groups (broad SMARTS) is 1. The zero-order chi connectivity index (χ0) is 33.9. The number of aliphatic carboxylic acids is 1. The summed E-state index contributed by atoms with van der Waals surface area (Å²) < 4.78 is 0. The first-order valence-electron chi connectivity index (χ1n) is 19.9. The Hall–Kier alpha value is -3.09. The van der Waals surface area contributed by atoms with E-state index in [1.54, 1.807) is 0 Å². The molecule has 0 aliphatic heterocycles. The van der Waals surface area contributed by atoms with Crippen molar-refractivity contribution in [1.82, 2.24) is 0 Å². The Kier molecular flexibility index (Phi) is 12.9. The lowest BCUT2D eigenvalue weighted by Gasteiger charge is -2.53. The minimum atomic E-state index is -0.682. The lowest BCUT2D eigenvalue weighted by Crippen LogP contribution is -2.50. The lowest BCUT2D eigenvalue weighted by molar-refractivity contribution is -0.139. The first kappa shape index (κ1) is 35.7. The Labute approximate surface area is 297 Å². The fourth-order valence-electron chi connectivity index (χ4n) is 10.8. The summed E-state index contributed by atoms with van der Waals surface area (Å²) in [5.74, 6) is 9.82. The fourth-order valence-corrected chi connectivity index (χ4v) is 10.8. The molecule has 0 spiro atoms. The molecule has 7 rings (SSSR count). The molecule has 2 fully saturated rings. The SMILES string of the molecule is NCCC1C2C=CC(C1CC(=O)O)C1(c3ccccc3)CCCCC1C#CCC(c1ccccc1)CC(CC=CCCC1CCCCC1)C2. The summed E-state index contributed by atoms with van der Waals surface area (Å²) >= 11 is 0. The zero-order valence-electron chi connectivity index (χ0n) is 29.9. The Balaban J connectivity index is 1.39. The van der Waals surface area contributed by atoms with Crippen LogP contribution in [0.4, 0.5) is 0 Å². The van der Waals surface area contributed by atoms with Gasteiger partial charge in [-0.15, -0.1) is 5.92 Å². The minimum absolute atomic E-state index is 0.0380. The second-order valence-electron chi connectivity index (χ2n) is 16.0. The first-order valence-corrected chi connectivity index (χ1v) is 19.9. The molecule has 3 nitrogen and oxygen atoms in total. The van der Waals surface area contributed by atoms with Crippen molar-refractivity contribution in [3.63, 3.8) is 0 Å². The normalized spacial score (nSPS) is 32.3. The van der Waals surface area contributed by atoms with E-state index in [2.05, 4.69) is 96.8 Å². The summed E-state index contributed by atoms with van der Waals surface area (Å²) in [5.41, 5.74) is 8.95. The fraction of sp³-hybridized carbons (Fsp3) is 0.587. The van der Waals surface area contributed by atoms with Gasteiger partial charge in [-0.2, -0.15) is 0 Å². The van der Waals surface area contributed by atoms with Crippen molar-refractivity contribution >= 4 is 5.97 Å². The minimum Gasteiger partial charge on any atom is -0.481 e. The molecule has 2 aromatic carbocycles. The third kappa shape index (κ3) is 8.80. The van der Waals surface area contributed by atoms with Crippen LogP contribution in [0.3, 0.4) is 0 Å². The van der Waals surface area contributed by atoms with Gasteiger partial charge in [0.1, 0.15) is 0 Å². The second kappa shape index (κ2) is 17.7. The van der Waals surface area contributed by atoms with Crippen molar-refractivity contribution in [3.05, 3.63) is 96.1 Å². The number of hydrogen-bond acceptors (Lipinski definition) is 2. The molecule has 2 bridgehead atoms. The molecular weight excluding hydrogens is 599 g/mol. The Morgan fingerprint density at radius 3 is 2.35 bits per heavy atom. The van der Waals surface area contributed by atoms with E-state index in [4.69, 9.17) is 5.73 Å². The monoisotopic (exact) mass is 659 g/mol. The smallest absolute Gasteiger partial charge is 0.303 e. The van der Waals surface area contributed by atoms with E-state index in [1.807, 2.05) is 0 Å². The Bertz CT molecular complexity index is 1430. The van der Waals surface area contributed by atoms with Gasteiger partial charge in [-0.25, -0.2) is 0 Å². The quantitative estimate of drug-likeness (QED) is 0.186. The molecule has 8 unspecified atom stereocenters. The summed E-state index contributed by atoms with van der Waals surface area (Å²) in [7, 11) is 0. The molecule has 0 radical (unpaired) electrons. The Morgan fingerprint density at radius 2 is 1.59 bits per heavy atom. The van der Waals surface area contributed by atoms with Gasteiger partial charge in [-0.1, -0.05) is 136 Å². The highest BCUT2D eigenvalue weighted by Crippen LogP contribution is 2.57. The van der Waals surface area contributed by atoms with Gasteiger partial charge in [0, 0.05) is 24.2 Å². The molecular formula is C46H61NO2. The molecule has 3 heteroatoms. The van der Waals surface area contributed by atoms with Crippen molar-refractivity contribution in [2.45, 2.75) is 120 Å². The van der Waals surface area contributed by atoms with Crippen molar-refractivity contribution < 1.29 is 9.90 Å². The van der Waals surface area contributed by atoms with Crippen LogP contribution in [0.15, 0.2) is 85.0 Å². The largest absolute Gasteiger partial charge is 0.481 e. The molecule has 0 amide bonds. The third-order valence-corrected chi connectivity index (χ3v) is 13.1. The summed E-state index contributed by atoms with van der Waals surface area (Å²) in [5, 5.41) is 10.4. The summed E-state index contributed by atoms with van der Waals surface area (Å²) in [4.78, 5) is 12.7. The van der Waals surface area contributed by atoms with E-state index in [1.165, 1.54) is 62.5 Å². The van der Waals surface area contributed by atoms with Gasteiger partial charge in [0.25, 0.3) is 0 Å². The number of fused-ring (bicyclic) bond motifs is 6. The van der Waals surface area contributed by atoms with E-state index in [9.17, 15) is 9.90 Å². The standard InChI is InChI=1S/C46H61NO2/c47-31-29-42-39-27-28-44(43(42)34-45(48)49)46(40-23-11-4-12-24-40)30-14-13-25-41(46)26-15-22-38(37-20-9-3-10-21-37)32-36(33-39)19-8-2-7-18-35-16-5-1-6-17-35/h2-4,8-12,20-21,23-24,27-28,35-36,38-39,41-44H,1,5-7,13-14,16-19,22,25,29-34,47H2,(H,48,49). The van der Waals surface area contributed by atoms with E-state index >= 15 is 0 Å². The maximum Gasteiger partial charge on any atom is 0.303 e. The van der Waals surface area contributed by atoms with Crippen LogP contribution in [-0.2, 0) is 10.2 Å². The Morgan fingerprint density at radius 1 is 0.837 bits per heavy atom. The highest BCUT2D eigenvalue weighted by atomic mass is 16.4. The number of allylic oxidation sites excluding steroid dienone is 4. The van der Waals surface area contributed by atoms with Crippen LogP contribution in [0.1, 0.15) is 126 Å². The summed E-state index contributed by atoms with van der Waals surface area (Å²) in [6, 6.07) is 22.2. The molecule has 5 aliphatic carbocycles. The van der Waals surface area contributed by atoms with Crippen LogP contribution in [0.25, 0.3) is 0 Å². The lowest BCUT2D eigenvalue weighted by atomic mass is 9.50. The molecule has 49 heavy (non-hydrogen) atoms. The molecule has 3 N–H and O–H groups in total. The molecule has 8 atom stereocenters. The van der Waals surface area contributed by atoms with Crippen molar-refractivity contribution in [2.24, 2.45) is 47.2 Å². The maximum absolute atomic E-state index is 12.7. The van der Waals surface area contributed by atoms with Gasteiger partial charge >= 0.3 is 5.97 Å². The van der Waals surface area contributed by atoms with Gasteiger partial charge < -0.3 is 10.8 Å². The molecule has 0 saturated heterocycles. The van der Waals surface area contributed by atoms with Gasteiger partial charge in [-0.05, 0) is 110 Å². The third-order valence-electron chi connectivity index (χ3n) is 13.1. The van der Waals surface area contributed by atoms with Crippen molar-refractivity contribution in [2.75, 3.05) is 6.54 Å². The second-order valence-corrected chi connectivity index (χ2v) is 16.0. The highest BCUT2D eigenvalue weighted by Gasteiger charge is 2.52. The summed E-state index contributed by atoms with van der Waals surface area (Å²) in [6.07, 6.45) is 29.2. The van der Waals surface area contributed by atoms with Crippen LogP contribution >= 0.6 is 0 Å². The van der Waals surface area contributed by atoms with E-state index < -0.39 is 5.97 Å². The molecule has 2 aromatic rings. The van der Waals surface area contributed by atoms with Crippen molar-refractivity contribution in [1.29, 1.82) is 0 Å². The molecule has 5 aliphatic rings. The average Bonchev–Trinajstić information content (AvgIpc) is 3.15. The number of hydrogen-bond donors (Lipinski definition) is 2. The average molecular weight is 660 g/mol. The molecule has 0 heterocycles. The van der Waals surface area contributed by atoms with Crippen LogP contribution < -0.4 is 5.73 Å². The molecule has 0 aromatic heterocycles. The van der Waals surface area contributed by atoms with Gasteiger partial charge in [0.15, 0.2) is 0 Å². The predicted molar refractivity (Wildman–Crippen MR) is 203 cm³/mol. The number of carboxylic acids is 1. The van der Waals surface area contributed by atoms with Crippen LogP contribution in [0, 0.1) is 53.3 Å². The van der Waals surface area contributed by atoms with Gasteiger partial charge in [0.05, 0.1) is 0 Å². The molecule has 262 valence electrons. The van der Waals surface area contributed by atoms with Gasteiger partial charge in [-0.3, -0.25) is 4.79 Å². The highest BCUT2D eigenvalue weighted by molar-refractivity contribution is 5.67. The maximum atomic E-state index is 12.7. The van der Waals surface area contributed by atoms with Crippen LogP contribution in [0.5, 0.6) is 0 Å². The summed E-state index contributed by atoms with van der Waals surface area (Å²) in [6.45, 7) is 0.595. The first-order chi connectivity index (χ1) is 24.1. The number of nitrogens with two attached hydrogens (primary N) is 1. The van der Waals surface area contributed by atoms with E-state index in [-0.39, 0.29) is 35.5 Å². The van der Waals surface area contributed by atoms with Gasteiger partial charge in [0.2, 0.25) is 0 Å². The zero-order valence-corrected chi connectivity index (χ0v) is 29.9.